The maximum Gasteiger partial charge on any atom is 0.274 e. The van der Waals surface area contributed by atoms with E-state index >= 15 is 0 Å². The molecular weight excluding hydrogens is 378 g/mol. The number of likely N-dealkylation sites (tertiary alicyclic amines) is 1. The van der Waals surface area contributed by atoms with Crippen molar-refractivity contribution in [3.63, 3.8) is 0 Å². The molecule has 154 valence electrons. The van der Waals surface area contributed by atoms with Gasteiger partial charge in [0.1, 0.15) is 5.69 Å². The summed E-state index contributed by atoms with van der Waals surface area (Å²) in [5.41, 5.74) is 3.80. The number of aliphatic hydroxyl groups is 1. The third kappa shape index (κ3) is 2.92. The number of benzene rings is 1. The van der Waals surface area contributed by atoms with Crippen molar-refractivity contribution < 1.29 is 9.90 Å². The monoisotopic (exact) mass is 403 g/mol. The van der Waals surface area contributed by atoms with E-state index in [0.29, 0.717) is 36.9 Å². The van der Waals surface area contributed by atoms with E-state index in [1.54, 1.807) is 11.1 Å². The normalized spacial score (nSPS) is 26.2. The Bertz CT molecular complexity index is 1140. The van der Waals surface area contributed by atoms with Gasteiger partial charge < -0.3 is 15.3 Å². The number of nitrogens with one attached hydrogen (secondary N) is 1. The predicted octanol–water partition coefficient (Wildman–Crippen LogP) is 1.90. The van der Waals surface area contributed by atoms with Crippen molar-refractivity contribution in [2.75, 3.05) is 13.1 Å². The lowest BCUT2D eigenvalue weighted by molar-refractivity contribution is -0.0140. The number of fused-ring (bicyclic) bond motifs is 2. The molecule has 1 amide bonds. The average molecular weight is 403 g/mol. The summed E-state index contributed by atoms with van der Waals surface area (Å²) in [6.07, 6.45) is 8.96. The van der Waals surface area contributed by atoms with Gasteiger partial charge in [-0.2, -0.15) is 0 Å². The van der Waals surface area contributed by atoms with E-state index in [2.05, 4.69) is 33.5 Å². The van der Waals surface area contributed by atoms with E-state index in [-0.39, 0.29) is 11.4 Å². The lowest BCUT2D eigenvalue weighted by atomic mass is 9.76. The van der Waals surface area contributed by atoms with Crippen molar-refractivity contribution >= 4 is 11.7 Å². The zero-order valence-corrected chi connectivity index (χ0v) is 16.8. The fraction of sp³-hybridized carbons (Fsp3) is 0.435. The summed E-state index contributed by atoms with van der Waals surface area (Å²) >= 11 is 0. The molecule has 0 bridgehead atoms. The molecule has 7 heteroatoms. The molecular formula is C23H25N5O2. The predicted molar refractivity (Wildman–Crippen MR) is 111 cm³/mol. The fourth-order valence-corrected chi connectivity index (χ4v) is 4.94. The summed E-state index contributed by atoms with van der Waals surface area (Å²) in [6.45, 7) is 1.66. The van der Waals surface area contributed by atoms with Crippen molar-refractivity contribution in [3.8, 4) is 0 Å². The summed E-state index contributed by atoms with van der Waals surface area (Å²) in [6, 6.07) is 8.37. The first-order valence-electron chi connectivity index (χ1n) is 10.8. The molecule has 1 spiro atoms. The minimum absolute atomic E-state index is 0.140. The van der Waals surface area contributed by atoms with Crippen LogP contribution in [0.1, 0.15) is 52.4 Å². The van der Waals surface area contributed by atoms with Crippen LogP contribution in [0.2, 0.25) is 0 Å². The number of carbonyl (C=O) groups is 1. The minimum atomic E-state index is -0.625. The summed E-state index contributed by atoms with van der Waals surface area (Å²) in [5, 5.41) is 14.6. The highest BCUT2D eigenvalue weighted by Crippen LogP contribution is 2.39. The zero-order chi connectivity index (χ0) is 20.3. The fourth-order valence-electron chi connectivity index (χ4n) is 4.94. The van der Waals surface area contributed by atoms with Crippen molar-refractivity contribution in [2.24, 2.45) is 0 Å². The molecule has 4 heterocycles. The third-order valence-electron chi connectivity index (χ3n) is 7.00. The molecule has 2 aromatic heterocycles. The first-order valence-corrected chi connectivity index (χ1v) is 10.8. The molecule has 30 heavy (non-hydrogen) atoms. The van der Waals surface area contributed by atoms with Crippen molar-refractivity contribution in [1.29, 1.82) is 0 Å². The smallest absolute Gasteiger partial charge is 0.274 e. The van der Waals surface area contributed by atoms with E-state index in [4.69, 9.17) is 0 Å². The van der Waals surface area contributed by atoms with E-state index in [9.17, 15) is 9.90 Å². The Morgan fingerprint density at radius 3 is 2.83 bits per heavy atom. The highest BCUT2D eigenvalue weighted by Gasteiger charge is 2.45. The molecule has 7 nitrogen and oxygen atoms in total. The highest BCUT2D eigenvalue weighted by molar-refractivity contribution is 5.93. The second kappa shape index (κ2) is 6.62. The lowest BCUT2D eigenvalue weighted by Gasteiger charge is -2.48. The molecule has 1 aromatic carbocycles. The van der Waals surface area contributed by atoms with Crippen molar-refractivity contribution in [3.05, 3.63) is 65.2 Å². The summed E-state index contributed by atoms with van der Waals surface area (Å²) in [4.78, 5) is 23.7. The Hall–Kier alpha value is -2.77. The second-order valence-electron chi connectivity index (χ2n) is 8.97. The average Bonchev–Trinajstić information content (AvgIpc) is 3.53. The first kappa shape index (κ1) is 18.0. The number of carbonyl (C=O) groups excluding carboxylic acids is 1. The minimum Gasteiger partial charge on any atom is -0.389 e. The van der Waals surface area contributed by atoms with Gasteiger partial charge in [-0.3, -0.25) is 9.20 Å². The molecule has 2 aliphatic heterocycles. The van der Waals surface area contributed by atoms with Gasteiger partial charge in [0.25, 0.3) is 5.91 Å². The van der Waals surface area contributed by atoms with Gasteiger partial charge in [0, 0.05) is 38.2 Å². The van der Waals surface area contributed by atoms with Crippen LogP contribution >= 0.6 is 0 Å². The van der Waals surface area contributed by atoms with Crippen LogP contribution in [0.4, 0.5) is 0 Å². The molecule has 0 unspecified atom stereocenters. The number of aromatic nitrogens is 3. The topological polar surface area (TPSA) is 82.8 Å². The van der Waals surface area contributed by atoms with Gasteiger partial charge in [0.2, 0.25) is 5.78 Å². The van der Waals surface area contributed by atoms with Gasteiger partial charge in [0.05, 0.1) is 11.6 Å². The lowest BCUT2D eigenvalue weighted by Crippen LogP contribution is -2.65. The summed E-state index contributed by atoms with van der Waals surface area (Å²) in [5.74, 6) is 1.01. The molecule has 2 fully saturated rings. The first-order chi connectivity index (χ1) is 14.6. The van der Waals surface area contributed by atoms with Gasteiger partial charge in [-0.05, 0) is 48.3 Å². The molecule has 6 rings (SSSR count). The Morgan fingerprint density at radius 2 is 2.03 bits per heavy atom. The number of amides is 1. The van der Waals surface area contributed by atoms with Crippen molar-refractivity contribution in [1.82, 2.24) is 24.6 Å². The SMILES string of the molecule is O=C(c1cn2cc(C3CC3)cnc2n1)N1CC[C@]2(Cc3ccccc3CN2)[C@H](O)C1. The van der Waals surface area contributed by atoms with Crippen LogP contribution < -0.4 is 5.32 Å². The molecule has 1 aliphatic carbocycles. The second-order valence-corrected chi connectivity index (χ2v) is 8.97. The molecule has 3 aromatic rings. The molecule has 2 N–H and O–H groups in total. The van der Waals surface area contributed by atoms with E-state index < -0.39 is 6.10 Å². The Kier molecular flexibility index (Phi) is 3.98. The molecule has 2 atom stereocenters. The van der Waals surface area contributed by atoms with E-state index in [0.717, 1.165) is 13.0 Å². The number of nitrogens with zero attached hydrogens (tertiary/aromatic N) is 4. The van der Waals surface area contributed by atoms with Gasteiger partial charge in [-0.15, -0.1) is 0 Å². The van der Waals surface area contributed by atoms with Crippen LogP contribution in [0.25, 0.3) is 5.78 Å². The maximum absolute atomic E-state index is 13.1. The molecule has 0 radical (unpaired) electrons. The van der Waals surface area contributed by atoms with Gasteiger partial charge in [-0.25, -0.2) is 9.97 Å². The number of rotatable bonds is 2. The van der Waals surface area contributed by atoms with Gasteiger partial charge in [0.15, 0.2) is 0 Å². The van der Waals surface area contributed by atoms with E-state index in [1.165, 1.54) is 29.5 Å². The quantitative estimate of drug-likeness (QED) is 0.683. The molecule has 1 saturated heterocycles. The highest BCUT2D eigenvalue weighted by atomic mass is 16.3. The Labute approximate surface area is 174 Å². The van der Waals surface area contributed by atoms with Crippen LogP contribution in [0.3, 0.4) is 0 Å². The van der Waals surface area contributed by atoms with Crippen LogP contribution in [0, 0.1) is 0 Å². The van der Waals surface area contributed by atoms with E-state index in [1.807, 2.05) is 22.9 Å². The molecule has 1 saturated carbocycles. The third-order valence-corrected chi connectivity index (χ3v) is 7.00. The Morgan fingerprint density at radius 1 is 1.20 bits per heavy atom. The number of aliphatic hydroxyl groups excluding tert-OH is 1. The number of piperidine rings is 1. The number of imidazole rings is 1. The largest absolute Gasteiger partial charge is 0.389 e. The van der Waals surface area contributed by atoms with Gasteiger partial charge in [-0.1, -0.05) is 24.3 Å². The number of β-amino-alcohol motifs (C(OH)–C–C–N with tert-alkyl or cyclic N) is 1. The number of hydrogen-bond acceptors (Lipinski definition) is 5. The Balaban J connectivity index is 1.20. The van der Waals surface area contributed by atoms with Crippen LogP contribution in [0.15, 0.2) is 42.9 Å². The van der Waals surface area contributed by atoms with Gasteiger partial charge >= 0.3 is 0 Å². The van der Waals surface area contributed by atoms with Crippen molar-refractivity contribution in [2.45, 2.75) is 49.8 Å². The van der Waals surface area contributed by atoms with Crippen LogP contribution in [-0.4, -0.2) is 55.0 Å². The van der Waals surface area contributed by atoms with Crippen LogP contribution in [0.5, 0.6) is 0 Å². The standard InChI is InChI=1S/C23H25N5O2/c29-20-14-27(8-7-23(20)9-16-3-1-2-4-17(16)11-25-23)21(30)19-13-28-12-18(15-5-6-15)10-24-22(28)26-19/h1-4,10,12-13,15,20,25,29H,5-9,11,14H2/t20-,23+/m1/s1. The number of hydrogen-bond donors (Lipinski definition) is 2. The summed E-state index contributed by atoms with van der Waals surface area (Å²) in [7, 11) is 0. The van der Waals surface area contributed by atoms with Crippen LogP contribution in [-0.2, 0) is 13.0 Å². The molecule has 3 aliphatic rings. The zero-order valence-electron chi connectivity index (χ0n) is 16.8. The maximum atomic E-state index is 13.1. The summed E-state index contributed by atoms with van der Waals surface area (Å²) < 4.78 is 1.85.